The van der Waals surface area contributed by atoms with Crippen molar-refractivity contribution in [3.8, 4) is 0 Å². The number of hydrogen-bond acceptors (Lipinski definition) is 4. The molecule has 0 bridgehead atoms. The van der Waals surface area contributed by atoms with Crippen LogP contribution in [-0.4, -0.2) is 28.8 Å². The van der Waals surface area contributed by atoms with Crippen LogP contribution in [0.25, 0.3) is 11.0 Å². The van der Waals surface area contributed by atoms with Gasteiger partial charge in [-0.05, 0) is 25.2 Å². The smallest absolute Gasteiger partial charge is 0.152 e. The third kappa shape index (κ3) is 2.49. The molecule has 4 nitrogen and oxygen atoms in total. The van der Waals surface area contributed by atoms with Crippen molar-refractivity contribution in [3.63, 3.8) is 0 Å². The summed E-state index contributed by atoms with van der Waals surface area (Å²) in [5.74, 6) is 0.773. The average molecular weight is 267 g/mol. The minimum atomic E-state index is 0.773. The number of fused-ring (bicyclic) bond motifs is 1. The highest BCUT2D eigenvalue weighted by atomic mass is 79.9. The molecule has 0 amide bonds. The fourth-order valence-corrected chi connectivity index (χ4v) is 1.64. The molecule has 1 heterocycles. The lowest BCUT2D eigenvalue weighted by atomic mass is 10.3. The maximum atomic E-state index is 4.43. The Hall–Kier alpha value is -1.07. The van der Waals surface area contributed by atoms with Crippen LogP contribution < -0.4 is 5.32 Å². The lowest BCUT2D eigenvalue weighted by Crippen LogP contribution is -2.12. The van der Waals surface area contributed by atoms with E-state index in [4.69, 9.17) is 0 Å². The number of hydrogen-bond donors (Lipinski definition) is 1. The van der Waals surface area contributed by atoms with Gasteiger partial charge in [-0.1, -0.05) is 15.9 Å². The van der Waals surface area contributed by atoms with E-state index in [9.17, 15) is 0 Å². The summed E-state index contributed by atoms with van der Waals surface area (Å²) in [4.78, 5) is 4.43. The first-order chi connectivity index (χ1) is 7.29. The molecule has 0 aliphatic carbocycles. The van der Waals surface area contributed by atoms with Gasteiger partial charge in [0.1, 0.15) is 5.52 Å². The number of nitrogens with one attached hydrogen (secondary N) is 1. The molecular formula is C10H11BrN4. The summed E-state index contributed by atoms with van der Waals surface area (Å²) in [6, 6.07) is 5.79. The Bertz CT molecular complexity index is 472. The summed E-state index contributed by atoms with van der Waals surface area (Å²) < 4.78 is 1.01. The number of halogens is 1. The number of rotatable bonds is 3. The molecule has 0 aliphatic heterocycles. The van der Waals surface area contributed by atoms with Crippen molar-refractivity contribution >= 4 is 27.0 Å². The van der Waals surface area contributed by atoms with Crippen molar-refractivity contribution in [1.82, 2.24) is 20.5 Å². The van der Waals surface area contributed by atoms with Gasteiger partial charge in [0.15, 0.2) is 5.82 Å². The molecule has 0 atom stereocenters. The lowest BCUT2D eigenvalue weighted by Gasteiger charge is -2.00. The van der Waals surface area contributed by atoms with Crippen LogP contribution in [0.5, 0.6) is 0 Å². The van der Waals surface area contributed by atoms with Crippen LogP contribution in [-0.2, 0) is 6.42 Å². The second-order valence-corrected chi connectivity index (χ2v) is 4.13. The van der Waals surface area contributed by atoms with E-state index in [1.54, 1.807) is 0 Å². The number of benzene rings is 1. The molecule has 2 aromatic rings. The van der Waals surface area contributed by atoms with E-state index in [1.807, 2.05) is 25.2 Å². The number of nitrogens with zero attached hydrogens (tertiary/aromatic N) is 3. The van der Waals surface area contributed by atoms with Crippen LogP contribution in [0.15, 0.2) is 22.7 Å². The fourth-order valence-electron chi connectivity index (χ4n) is 1.29. The monoisotopic (exact) mass is 266 g/mol. The van der Waals surface area contributed by atoms with Crippen molar-refractivity contribution in [2.75, 3.05) is 13.6 Å². The van der Waals surface area contributed by atoms with E-state index in [0.717, 1.165) is 34.3 Å². The molecule has 0 radical (unpaired) electrons. The molecular weight excluding hydrogens is 256 g/mol. The van der Waals surface area contributed by atoms with E-state index in [1.165, 1.54) is 0 Å². The normalized spacial score (nSPS) is 10.8. The molecule has 5 heteroatoms. The van der Waals surface area contributed by atoms with Crippen molar-refractivity contribution in [2.45, 2.75) is 6.42 Å². The van der Waals surface area contributed by atoms with Gasteiger partial charge in [-0.25, -0.2) is 4.98 Å². The molecule has 15 heavy (non-hydrogen) atoms. The minimum absolute atomic E-state index is 0.773. The highest BCUT2D eigenvalue weighted by molar-refractivity contribution is 9.10. The van der Waals surface area contributed by atoms with Crippen molar-refractivity contribution in [3.05, 3.63) is 28.5 Å². The zero-order valence-electron chi connectivity index (χ0n) is 8.37. The standard InChI is InChI=1S/C10H11BrN4/c1-12-5-4-10-13-9-6-7(11)2-3-8(9)14-15-10/h2-3,6,12H,4-5H2,1H3. The maximum Gasteiger partial charge on any atom is 0.152 e. The molecule has 1 N–H and O–H groups in total. The topological polar surface area (TPSA) is 50.7 Å². The zero-order valence-corrected chi connectivity index (χ0v) is 9.95. The average Bonchev–Trinajstić information content (AvgIpc) is 2.25. The van der Waals surface area contributed by atoms with Crippen molar-refractivity contribution in [2.24, 2.45) is 0 Å². The molecule has 0 saturated carbocycles. The van der Waals surface area contributed by atoms with E-state index >= 15 is 0 Å². The summed E-state index contributed by atoms with van der Waals surface area (Å²) in [6.07, 6.45) is 0.798. The van der Waals surface area contributed by atoms with Gasteiger partial charge in [0.2, 0.25) is 0 Å². The summed E-state index contributed by atoms with van der Waals surface area (Å²) >= 11 is 3.41. The maximum absolute atomic E-state index is 4.43. The van der Waals surface area contributed by atoms with Crippen LogP contribution in [0.2, 0.25) is 0 Å². The first-order valence-corrected chi connectivity index (χ1v) is 5.52. The van der Waals surface area contributed by atoms with Gasteiger partial charge in [0.05, 0.1) is 5.52 Å². The molecule has 0 spiro atoms. The van der Waals surface area contributed by atoms with Crippen LogP contribution in [0.1, 0.15) is 5.82 Å². The highest BCUT2D eigenvalue weighted by Gasteiger charge is 2.01. The first kappa shape index (κ1) is 10.4. The van der Waals surface area contributed by atoms with Crippen LogP contribution in [0.3, 0.4) is 0 Å². The third-order valence-corrected chi connectivity index (χ3v) is 2.55. The van der Waals surface area contributed by atoms with Crippen molar-refractivity contribution in [1.29, 1.82) is 0 Å². The lowest BCUT2D eigenvalue weighted by molar-refractivity contribution is 0.743. The van der Waals surface area contributed by atoms with Crippen LogP contribution in [0.4, 0.5) is 0 Å². The predicted octanol–water partition coefficient (Wildman–Crippen LogP) is 1.55. The zero-order chi connectivity index (χ0) is 10.7. The van der Waals surface area contributed by atoms with Gasteiger partial charge in [-0.3, -0.25) is 0 Å². The van der Waals surface area contributed by atoms with Gasteiger partial charge >= 0.3 is 0 Å². The van der Waals surface area contributed by atoms with Crippen LogP contribution in [0, 0.1) is 0 Å². The Morgan fingerprint density at radius 1 is 1.27 bits per heavy atom. The summed E-state index contributed by atoms with van der Waals surface area (Å²) in [7, 11) is 1.91. The quantitative estimate of drug-likeness (QED) is 0.916. The SMILES string of the molecule is CNCCc1nnc2ccc(Br)cc2n1. The molecule has 78 valence electrons. The molecule has 0 saturated heterocycles. The third-order valence-electron chi connectivity index (χ3n) is 2.06. The highest BCUT2D eigenvalue weighted by Crippen LogP contribution is 2.15. The van der Waals surface area contributed by atoms with Gasteiger partial charge in [-0.2, -0.15) is 0 Å². The largest absolute Gasteiger partial charge is 0.319 e. The Morgan fingerprint density at radius 2 is 2.13 bits per heavy atom. The molecule has 0 fully saturated rings. The Labute approximate surface area is 96.3 Å². The Kier molecular flexibility index (Phi) is 3.23. The van der Waals surface area contributed by atoms with Gasteiger partial charge in [0.25, 0.3) is 0 Å². The molecule has 1 aromatic carbocycles. The Morgan fingerprint density at radius 3 is 2.93 bits per heavy atom. The summed E-state index contributed by atoms with van der Waals surface area (Å²) in [5, 5.41) is 11.2. The number of likely N-dealkylation sites (N-methyl/N-ethyl adjacent to an activating group) is 1. The van der Waals surface area contributed by atoms with E-state index in [0.29, 0.717) is 0 Å². The summed E-state index contributed by atoms with van der Waals surface area (Å²) in [5.41, 5.74) is 1.71. The summed E-state index contributed by atoms with van der Waals surface area (Å²) in [6.45, 7) is 0.862. The van der Waals surface area contributed by atoms with Crippen molar-refractivity contribution < 1.29 is 0 Å². The van der Waals surface area contributed by atoms with E-state index < -0.39 is 0 Å². The second kappa shape index (κ2) is 4.63. The molecule has 0 aliphatic rings. The van der Waals surface area contributed by atoms with E-state index in [2.05, 4.69) is 36.4 Å². The minimum Gasteiger partial charge on any atom is -0.319 e. The molecule has 1 aromatic heterocycles. The molecule has 0 unspecified atom stereocenters. The van der Waals surface area contributed by atoms with E-state index in [-0.39, 0.29) is 0 Å². The van der Waals surface area contributed by atoms with Gasteiger partial charge in [0, 0.05) is 17.4 Å². The molecule has 2 rings (SSSR count). The Balaban J connectivity index is 2.36. The van der Waals surface area contributed by atoms with Crippen LogP contribution >= 0.6 is 15.9 Å². The second-order valence-electron chi connectivity index (χ2n) is 3.21. The number of aromatic nitrogens is 3. The van der Waals surface area contributed by atoms with Gasteiger partial charge in [-0.15, -0.1) is 10.2 Å². The predicted molar refractivity (Wildman–Crippen MR) is 62.7 cm³/mol. The first-order valence-electron chi connectivity index (χ1n) is 4.73. The fraction of sp³-hybridized carbons (Fsp3) is 0.300. The van der Waals surface area contributed by atoms with Gasteiger partial charge < -0.3 is 5.32 Å².